The normalized spacial score (nSPS) is 18.7. The van der Waals surface area contributed by atoms with Crippen molar-refractivity contribution in [3.05, 3.63) is 76.5 Å². The Bertz CT molecular complexity index is 1300. The van der Waals surface area contributed by atoms with Gasteiger partial charge in [0.05, 0.1) is 36.4 Å². The fraction of sp³-hybridized carbons (Fsp3) is 0.429. The van der Waals surface area contributed by atoms with Crippen molar-refractivity contribution in [1.29, 1.82) is 0 Å². The van der Waals surface area contributed by atoms with Crippen LogP contribution in [0.4, 0.5) is 8.78 Å². The number of halogens is 2. The zero-order valence-corrected chi connectivity index (χ0v) is 21.2. The topological polar surface area (TPSA) is 73.1 Å². The SMILES string of the molecule is Cc1cc(CC(=O)c2cnn(-c3ccc(C(F)F)cn3)c2C)cnc1C1=CCC(N2CCOCC2)CC1. The molecule has 9 heteroatoms. The number of hydrogen-bond acceptors (Lipinski definition) is 6. The van der Waals surface area contributed by atoms with Gasteiger partial charge in [-0.15, -0.1) is 0 Å². The maximum atomic E-state index is 13.1. The van der Waals surface area contributed by atoms with E-state index in [2.05, 4.69) is 21.1 Å². The lowest BCUT2D eigenvalue weighted by Gasteiger charge is -2.36. The van der Waals surface area contributed by atoms with Gasteiger partial charge in [0.25, 0.3) is 6.43 Å². The summed E-state index contributed by atoms with van der Waals surface area (Å²) in [7, 11) is 0. The van der Waals surface area contributed by atoms with Crippen molar-refractivity contribution in [3.8, 4) is 5.82 Å². The number of carbonyl (C=O) groups is 1. The molecule has 3 aromatic heterocycles. The van der Waals surface area contributed by atoms with E-state index < -0.39 is 6.43 Å². The molecule has 0 amide bonds. The monoisotopic (exact) mass is 507 g/mol. The summed E-state index contributed by atoms with van der Waals surface area (Å²) in [5, 5.41) is 4.27. The molecule has 3 aromatic rings. The number of morpholine rings is 1. The predicted molar refractivity (Wildman–Crippen MR) is 136 cm³/mol. The van der Waals surface area contributed by atoms with E-state index in [1.165, 1.54) is 28.6 Å². The average Bonchev–Trinajstić information content (AvgIpc) is 3.31. The number of nitrogens with zero attached hydrogens (tertiary/aromatic N) is 5. The summed E-state index contributed by atoms with van der Waals surface area (Å²) < 4.78 is 32.6. The van der Waals surface area contributed by atoms with Crippen molar-refractivity contribution in [2.75, 3.05) is 26.3 Å². The summed E-state index contributed by atoms with van der Waals surface area (Å²) in [4.78, 5) is 24.4. The summed E-state index contributed by atoms with van der Waals surface area (Å²) in [5.41, 5.74) is 5.15. The van der Waals surface area contributed by atoms with Crippen molar-refractivity contribution in [2.45, 2.75) is 52.0 Å². The Hall–Kier alpha value is -3.30. The molecule has 2 aliphatic rings. The third kappa shape index (κ3) is 5.52. The lowest BCUT2D eigenvalue weighted by molar-refractivity contribution is 0.0150. The fourth-order valence-corrected chi connectivity index (χ4v) is 5.22. The fourth-order valence-electron chi connectivity index (χ4n) is 5.22. The molecule has 0 saturated carbocycles. The summed E-state index contributed by atoms with van der Waals surface area (Å²) in [6, 6.07) is 5.41. The van der Waals surface area contributed by atoms with Crippen molar-refractivity contribution in [1.82, 2.24) is 24.6 Å². The number of ether oxygens (including phenoxy) is 1. The highest BCUT2D eigenvalue weighted by Crippen LogP contribution is 2.30. The first-order valence-corrected chi connectivity index (χ1v) is 12.7. The molecule has 1 atom stereocenters. The van der Waals surface area contributed by atoms with E-state index in [0.29, 0.717) is 23.1 Å². The molecule has 1 aliphatic heterocycles. The second-order valence-corrected chi connectivity index (χ2v) is 9.72. The average molecular weight is 508 g/mol. The van der Waals surface area contributed by atoms with Crippen molar-refractivity contribution in [3.63, 3.8) is 0 Å². The molecule has 7 nitrogen and oxygen atoms in total. The first kappa shape index (κ1) is 25.4. The molecule has 194 valence electrons. The molecule has 1 aliphatic carbocycles. The van der Waals surface area contributed by atoms with Crippen LogP contribution in [0.2, 0.25) is 0 Å². The number of hydrogen-bond donors (Lipinski definition) is 0. The lowest BCUT2D eigenvalue weighted by atomic mass is 9.90. The van der Waals surface area contributed by atoms with E-state index in [1.807, 2.05) is 13.0 Å². The third-order valence-electron chi connectivity index (χ3n) is 7.30. The zero-order valence-electron chi connectivity index (χ0n) is 21.2. The number of alkyl halides is 2. The number of carbonyl (C=O) groups excluding carboxylic acids is 1. The minimum atomic E-state index is -2.58. The van der Waals surface area contributed by atoms with Gasteiger partial charge in [0.1, 0.15) is 0 Å². The second kappa shape index (κ2) is 11.0. The number of pyridine rings is 2. The number of rotatable bonds is 7. The van der Waals surface area contributed by atoms with E-state index in [9.17, 15) is 13.6 Å². The first-order chi connectivity index (χ1) is 17.9. The van der Waals surface area contributed by atoms with Gasteiger partial charge >= 0.3 is 0 Å². The van der Waals surface area contributed by atoms with Gasteiger partial charge in [-0.1, -0.05) is 12.1 Å². The molecular formula is C28H31F2N5O2. The molecule has 0 radical (unpaired) electrons. The van der Waals surface area contributed by atoms with Gasteiger partial charge in [0.2, 0.25) is 0 Å². The zero-order chi connectivity index (χ0) is 25.9. The predicted octanol–water partition coefficient (Wildman–Crippen LogP) is 4.91. The van der Waals surface area contributed by atoms with Crippen LogP contribution in [0.1, 0.15) is 64.1 Å². The Balaban J connectivity index is 1.25. The molecule has 0 aromatic carbocycles. The standard InChI is InChI=1S/C28H31F2N5O2/c1-18-13-20(15-32-27(18)21-3-6-23(7-4-21)34-9-11-37-12-10-34)14-25(36)24-17-33-35(19(24)2)26-8-5-22(16-31-26)28(29)30/h3,5,8,13,15-17,23,28H,4,6-7,9-12,14H2,1-2H3. The van der Waals surface area contributed by atoms with E-state index in [0.717, 1.165) is 68.6 Å². The maximum absolute atomic E-state index is 13.1. The third-order valence-corrected chi connectivity index (χ3v) is 7.30. The molecule has 0 N–H and O–H groups in total. The van der Waals surface area contributed by atoms with Gasteiger partial charge in [-0.25, -0.2) is 18.4 Å². The van der Waals surface area contributed by atoms with Crippen molar-refractivity contribution >= 4 is 11.4 Å². The highest BCUT2D eigenvalue weighted by molar-refractivity contribution is 5.98. The van der Waals surface area contributed by atoms with Crippen LogP contribution in [-0.4, -0.2) is 62.8 Å². The van der Waals surface area contributed by atoms with Crippen LogP contribution in [0, 0.1) is 13.8 Å². The number of aromatic nitrogens is 4. The minimum absolute atomic E-state index is 0.0767. The smallest absolute Gasteiger partial charge is 0.265 e. The molecule has 1 fully saturated rings. The lowest BCUT2D eigenvalue weighted by Crippen LogP contribution is -2.43. The number of Topliss-reactive ketones (excluding diaryl/α,β-unsaturated/α-hetero) is 1. The summed E-state index contributed by atoms with van der Waals surface area (Å²) in [5.74, 6) is 0.312. The van der Waals surface area contributed by atoms with Crippen LogP contribution in [0.3, 0.4) is 0 Å². The Labute approximate surface area is 215 Å². The summed E-state index contributed by atoms with van der Waals surface area (Å²) >= 11 is 0. The molecule has 37 heavy (non-hydrogen) atoms. The van der Waals surface area contributed by atoms with E-state index >= 15 is 0 Å². The van der Waals surface area contributed by atoms with Gasteiger partial charge in [0.15, 0.2) is 11.6 Å². The summed E-state index contributed by atoms with van der Waals surface area (Å²) in [6.07, 6.45) is 7.52. The largest absolute Gasteiger partial charge is 0.379 e. The van der Waals surface area contributed by atoms with Gasteiger partial charge in [-0.2, -0.15) is 5.10 Å². The number of aryl methyl sites for hydroxylation is 1. The van der Waals surface area contributed by atoms with Gasteiger partial charge in [-0.3, -0.25) is 14.7 Å². The van der Waals surface area contributed by atoms with Gasteiger partial charge in [0, 0.05) is 43.5 Å². The van der Waals surface area contributed by atoms with E-state index in [1.54, 1.807) is 13.1 Å². The highest BCUT2D eigenvalue weighted by Gasteiger charge is 2.24. The molecule has 4 heterocycles. The maximum Gasteiger partial charge on any atom is 0.265 e. The highest BCUT2D eigenvalue weighted by atomic mass is 19.3. The van der Waals surface area contributed by atoms with Gasteiger partial charge in [-0.05, 0) is 61.9 Å². The van der Waals surface area contributed by atoms with Crippen molar-refractivity contribution in [2.24, 2.45) is 0 Å². The van der Waals surface area contributed by atoms with Gasteiger partial charge < -0.3 is 4.74 Å². The van der Waals surface area contributed by atoms with E-state index in [4.69, 9.17) is 9.72 Å². The van der Waals surface area contributed by atoms with Crippen LogP contribution in [0.15, 0.2) is 42.9 Å². The molecule has 5 rings (SSSR count). The minimum Gasteiger partial charge on any atom is -0.379 e. The van der Waals surface area contributed by atoms with Crippen LogP contribution in [0.5, 0.6) is 0 Å². The Morgan fingerprint density at radius 1 is 1.14 bits per heavy atom. The molecular weight excluding hydrogens is 476 g/mol. The number of allylic oxidation sites excluding steroid dienone is 1. The quantitative estimate of drug-likeness (QED) is 0.423. The summed E-state index contributed by atoms with van der Waals surface area (Å²) in [6.45, 7) is 7.47. The second-order valence-electron chi connectivity index (χ2n) is 9.72. The molecule has 0 spiro atoms. The van der Waals surface area contributed by atoms with Crippen LogP contribution in [0.25, 0.3) is 11.4 Å². The van der Waals surface area contributed by atoms with Crippen LogP contribution in [-0.2, 0) is 11.2 Å². The Morgan fingerprint density at radius 2 is 1.95 bits per heavy atom. The Kier molecular flexibility index (Phi) is 7.53. The van der Waals surface area contributed by atoms with Crippen LogP contribution >= 0.6 is 0 Å². The first-order valence-electron chi connectivity index (χ1n) is 12.7. The van der Waals surface area contributed by atoms with Crippen molar-refractivity contribution < 1.29 is 18.3 Å². The molecule has 1 saturated heterocycles. The van der Waals surface area contributed by atoms with Crippen LogP contribution < -0.4 is 0 Å². The van der Waals surface area contributed by atoms with E-state index in [-0.39, 0.29) is 17.8 Å². The molecule has 0 bridgehead atoms. The number of ketones is 1. The molecule has 1 unspecified atom stereocenters. The Morgan fingerprint density at radius 3 is 2.59 bits per heavy atom.